The third-order valence-electron chi connectivity index (χ3n) is 4.38. The molecule has 0 unspecified atom stereocenters. The van der Waals surface area contributed by atoms with Crippen LogP contribution in [-0.2, 0) is 35.5 Å². The first-order valence-corrected chi connectivity index (χ1v) is 10.1. The number of nitrogens with zero attached hydrogens (tertiary/aromatic N) is 1. The van der Waals surface area contributed by atoms with Gasteiger partial charge in [0.1, 0.15) is 0 Å². The van der Waals surface area contributed by atoms with E-state index in [4.69, 9.17) is 9.47 Å². The summed E-state index contributed by atoms with van der Waals surface area (Å²) in [4.78, 5) is 25.4. The van der Waals surface area contributed by atoms with E-state index in [2.05, 4.69) is 15.9 Å². The van der Waals surface area contributed by atoms with Crippen molar-refractivity contribution in [2.24, 2.45) is 0 Å². The lowest BCUT2D eigenvalue weighted by atomic mass is 9.95. The lowest BCUT2D eigenvalue weighted by Crippen LogP contribution is -2.61. The van der Waals surface area contributed by atoms with Crippen molar-refractivity contribution in [2.45, 2.75) is 16.9 Å². The van der Waals surface area contributed by atoms with Gasteiger partial charge in [-0.3, -0.25) is 0 Å². The molecule has 2 aromatic rings. The molecule has 7 nitrogen and oxygen atoms in total. The zero-order chi connectivity index (χ0) is 19.8. The molecule has 2 aromatic carbocycles. The molecule has 0 atom stereocenters. The van der Waals surface area contributed by atoms with Crippen LogP contribution < -0.4 is 4.31 Å². The first-order valence-electron chi connectivity index (χ1n) is 7.85. The van der Waals surface area contributed by atoms with E-state index < -0.39 is 27.5 Å². The van der Waals surface area contributed by atoms with Crippen molar-refractivity contribution in [3.8, 4) is 0 Å². The van der Waals surface area contributed by atoms with Crippen LogP contribution >= 0.6 is 15.9 Å². The molecule has 0 amide bonds. The second kappa shape index (κ2) is 6.97. The van der Waals surface area contributed by atoms with E-state index in [1.807, 2.05) is 0 Å². The van der Waals surface area contributed by atoms with Gasteiger partial charge in [0.15, 0.2) is 0 Å². The molecule has 9 heteroatoms. The van der Waals surface area contributed by atoms with Gasteiger partial charge < -0.3 is 9.47 Å². The molecule has 1 aliphatic rings. The molecule has 27 heavy (non-hydrogen) atoms. The first-order chi connectivity index (χ1) is 12.8. The van der Waals surface area contributed by atoms with Gasteiger partial charge in [-0.05, 0) is 35.9 Å². The van der Waals surface area contributed by atoms with Crippen molar-refractivity contribution >= 4 is 43.6 Å². The van der Waals surface area contributed by atoms with Gasteiger partial charge in [-0.1, -0.05) is 34.1 Å². The smallest absolute Gasteiger partial charge is 0.344 e. The van der Waals surface area contributed by atoms with Crippen molar-refractivity contribution in [2.75, 3.05) is 18.5 Å². The van der Waals surface area contributed by atoms with E-state index in [1.54, 1.807) is 30.3 Å². The van der Waals surface area contributed by atoms with Crippen molar-refractivity contribution in [1.82, 2.24) is 0 Å². The minimum atomic E-state index is -4.27. The molecule has 1 aliphatic heterocycles. The Morgan fingerprint density at radius 3 is 2.19 bits per heavy atom. The van der Waals surface area contributed by atoms with E-state index in [0.717, 1.165) is 18.5 Å². The molecule has 0 saturated heterocycles. The molecule has 0 saturated carbocycles. The van der Waals surface area contributed by atoms with Crippen LogP contribution in [0.4, 0.5) is 5.69 Å². The molecule has 0 fully saturated rings. The van der Waals surface area contributed by atoms with Gasteiger partial charge in [-0.15, -0.1) is 0 Å². The lowest BCUT2D eigenvalue weighted by Gasteiger charge is -2.34. The number of esters is 2. The number of ether oxygens (including phenoxy) is 2. The minimum absolute atomic E-state index is 0.0575. The minimum Gasteiger partial charge on any atom is -0.467 e. The van der Waals surface area contributed by atoms with Crippen molar-refractivity contribution in [1.29, 1.82) is 0 Å². The van der Waals surface area contributed by atoms with Crippen molar-refractivity contribution < 1.29 is 27.5 Å². The van der Waals surface area contributed by atoms with Crippen molar-refractivity contribution in [3.63, 3.8) is 0 Å². The molecule has 0 aliphatic carbocycles. The fraction of sp³-hybridized carbons (Fsp3) is 0.222. The fourth-order valence-corrected chi connectivity index (χ4v) is 5.39. The van der Waals surface area contributed by atoms with Crippen LogP contribution in [0.15, 0.2) is 57.9 Å². The number of methoxy groups -OCH3 is 2. The standard InChI is InChI=1S/C18H16BrNO6S/c1-25-16(21)18(17(22)26-2)11-12-10-13(19)8-9-15(12)20(18)27(23,24)14-6-4-3-5-7-14/h3-10H,11H2,1-2H3. The molecular formula is C18H16BrNO6S. The summed E-state index contributed by atoms with van der Waals surface area (Å²) in [5.74, 6) is -2.03. The number of hydrogen-bond donors (Lipinski definition) is 0. The maximum Gasteiger partial charge on any atom is 0.344 e. The van der Waals surface area contributed by atoms with Gasteiger partial charge >= 0.3 is 11.9 Å². The molecule has 0 aromatic heterocycles. The highest BCUT2D eigenvalue weighted by Gasteiger charge is 2.62. The summed E-state index contributed by atoms with van der Waals surface area (Å²) in [6.45, 7) is 0. The summed E-state index contributed by atoms with van der Waals surface area (Å²) in [7, 11) is -2.07. The number of carbonyl (C=O) groups excluding carboxylic acids is 2. The summed E-state index contributed by atoms with van der Waals surface area (Å²) < 4.78 is 38.0. The van der Waals surface area contributed by atoms with Crippen LogP contribution in [0, 0.1) is 0 Å². The van der Waals surface area contributed by atoms with Crippen LogP contribution in [0.25, 0.3) is 0 Å². The van der Waals surface area contributed by atoms with E-state index in [1.165, 1.54) is 18.2 Å². The maximum atomic E-state index is 13.4. The summed E-state index contributed by atoms with van der Waals surface area (Å²) in [6, 6.07) is 12.4. The number of carbonyl (C=O) groups is 2. The van der Waals surface area contributed by atoms with Crippen LogP contribution in [-0.4, -0.2) is 40.1 Å². The zero-order valence-corrected chi connectivity index (χ0v) is 16.9. The number of benzene rings is 2. The number of halogens is 1. The molecule has 0 radical (unpaired) electrons. The number of hydrogen-bond acceptors (Lipinski definition) is 6. The quantitative estimate of drug-likeness (QED) is 0.520. The highest BCUT2D eigenvalue weighted by molar-refractivity contribution is 9.10. The number of fused-ring (bicyclic) bond motifs is 1. The molecule has 142 valence electrons. The predicted molar refractivity (Wildman–Crippen MR) is 101 cm³/mol. The topological polar surface area (TPSA) is 90.0 Å². The van der Waals surface area contributed by atoms with E-state index >= 15 is 0 Å². The molecule has 3 rings (SSSR count). The molecular weight excluding hydrogens is 438 g/mol. The normalized spacial score (nSPS) is 15.1. The zero-order valence-electron chi connectivity index (χ0n) is 14.5. The molecule has 0 N–H and O–H groups in total. The SMILES string of the molecule is COC(=O)C1(C(=O)OC)Cc2cc(Br)ccc2N1S(=O)(=O)c1ccccc1. The molecule has 1 heterocycles. The Morgan fingerprint density at radius 2 is 1.63 bits per heavy atom. The Morgan fingerprint density at radius 1 is 1.04 bits per heavy atom. The van der Waals surface area contributed by atoms with Crippen LogP contribution in [0.5, 0.6) is 0 Å². The number of rotatable bonds is 4. The Bertz CT molecular complexity index is 990. The van der Waals surface area contributed by atoms with Gasteiger partial charge in [0, 0.05) is 10.9 Å². The summed E-state index contributed by atoms with van der Waals surface area (Å²) >= 11 is 3.33. The third kappa shape index (κ3) is 2.90. The lowest BCUT2D eigenvalue weighted by molar-refractivity contribution is -0.160. The average molecular weight is 454 g/mol. The van der Waals surface area contributed by atoms with Gasteiger partial charge in [-0.2, -0.15) is 0 Å². The second-order valence-corrected chi connectivity index (χ2v) is 8.58. The third-order valence-corrected chi connectivity index (χ3v) is 6.73. The van der Waals surface area contributed by atoms with Crippen LogP contribution in [0.2, 0.25) is 0 Å². The van der Waals surface area contributed by atoms with Gasteiger partial charge in [0.25, 0.3) is 15.6 Å². The number of sulfonamides is 1. The summed E-state index contributed by atoms with van der Waals surface area (Å²) in [6.07, 6.45) is -0.201. The highest BCUT2D eigenvalue weighted by Crippen LogP contribution is 2.45. The largest absolute Gasteiger partial charge is 0.467 e. The van der Waals surface area contributed by atoms with Gasteiger partial charge in [-0.25, -0.2) is 22.3 Å². The second-order valence-electron chi connectivity index (χ2n) is 5.88. The van der Waals surface area contributed by atoms with Gasteiger partial charge in [0.2, 0.25) is 0 Å². The van der Waals surface area contributed by atoms with E-state index in [9.17, 15) is 18.0 Å². The monoisotopic (exact) mass is 453 g/mol. The van der Waals surface area contributed by atoms with Crippen LogP contribution in [0.3, 0.4) is 0 Å². The molecule has 0 spiro atoms. The maximum absolute atomic E-state index is 13.4. The summed E-state index contributed by atoms with van der Waals surface area (Å²) in [5, 5.41) is 0. The van der Waals surface area contributed by atoms with E-state index in [-0.39, 0.29) is 17.0 Å². The van der Waals surface area contributed by atoms with E-state index in [0.29, 0.717) is 10.0 Å². The summed E-state index contributed by atoms with van der Waals surface area (Å²) in [5.41, 5.74) is -1.46. The Hall–Kier alpha value is -2.39. The van der Waals surface area contributed by atoms with Crippen LogP contribution in [0.1, 0.15) is 5.56 Å². The Kier molecular flexibility index (Phi) is 5.00. The number of anilines is 1. The Balaban J connectivity index is 2.34. The molecule has 0 bridgehead atoms. The van der Waals surface area contributed by atoms with Gasteiger partial charge in [0.05, 0.1) is 24.8 Å². The fourth-order valence-electron chi connectivity index (χ4n) is 3.21. The highest BCUT2D eigenvalue weighted by atomic mass is 79.9. The Labute approximate surface area is 165 Å². The predicted octanol–water partition coefficient (Wildman–Crippen LogP) is 2.29. The van der Waals surface area contributed by atoms with Crippen molar-refractivity contribution in [3.05, 3.63) is 58.6 Å². The average Bonchev–Trinajstić information content (AvgIpc) is 3.03. The first kappa shape index (κ1) is 19.4.